The largest absolute Gasteiger partial charge is 0.470 e. The van der Waals surface area contributed by atoms with Crippen molar-refractivity contribution in [3.63, 3.8) is 0 Å². The summed E-state index contributed by atoms with van der Waals surface area (Å²) in [4.78, 5) is 42.6. The number of fused-ring (bicyclic) bond motifs is 5. The Morgan fingerprint density at radius 1 is 1.14 bits per heavy atom. The van der Waals surface area contributed by atoms with E-state index in [2.05, 4.69) is 11.4 Å². The number of hydrogen-bond acceptors (Lipinski definition) is 5. The van der Waals surface area contributed by atoms with Gasteiger partial charge in [0.25, 0.3) is 0 Å². The number of aliphatic hydroxyl groups is 1. The molecule has 0 saturated heterocycles. The van der Waals surface area contributed by atoms with E-state index in [-0.39, 0.29) is 17.1 Å². The highest BCUT2D eigenvalue weighted by atomic mass is 31.2. The van der Waals surface area contributed by atoms with Crippen molar-refractivity contribution in [3.8, 4) is 0 Å². The molecule has 4 rings (SSSR count). The van der Waals surface area contributed by atoms with E-state index >= 15 is 0 Å². The van der Waals surface area contributed by atoms with Crippen LogP contribution in [-0.2, 0) is 18.7 Å². The predicted molar refractivity (Wildman–Crippen MR) is 105 cm³/mol. The Morgan fingerprint density at radius 2 is 1.83 bits per heavy atom. The molecule has 4 aliphatic rings. The van der Waals surface area contributed by atoms with Crippen LogP contribution in [0.25, 0.3) is 0 Å². The molecule has 6 atom stereocenters. The van der Waals surface area contributed by atoms with Crippen LogP contribution in [0.15, 0.2) is 11.6 Å². The summed E-state index contributed by atoms with van der Waals surface area (Å²) in [6, 6.07) is 0. The van der Waals surface area contributed by atoms with Gasteiger partial charge in [0, 0.05) is 11.8 Å². The summed E-state index contributed by atoms with van der Waals surface area (Å²) in [6.45, 7) is 3.48. The van der Waals surface area contributed by atoms with Gasteiger partial charge in [-0.15, -0.1) is 0 Å². The van der Waals surface area contributed by atoms with Crippen molar-refractivity contribution in [1.82, 2.24) is 0 Å². The molecule has 0 aromatic heterocycles. The highest BCUT2D eigenvalue weighted by Gasteiger charge is 2.66. The first kappa shape index (κ1) is 21.4. The maximum atomic E-state index is 12.8. The Hall–Kier alpha value is -0.850. The van der Waals surface area contributed by atoms with E-state index in [9.17, 15) is 19.3 Å². The van der Waals surface area contributed by atoms with Crippen LogP contribution < -0.4 is 0 Å². The smallest absolute Gasteiger partial charge is 0.381 e. The van der Waals surface area contributed by atoms with Gasteiger partial charge in [0.05, 0.1) is 0 Å². The minimum Gasteiger partial charge on any atom is -0.381 e. The third kappa shape index (κ3) is 3.21. The van der Waals surface area contributed by atoms with Gasteiger partial charge in [-0.1, -0.05) is 19.4 Å². The van der Waals surface area contributed by atoms with E-state index in [4.69, 9.17) is 9.79 Å². The first-order valence-electron chi connectivity index (χ1n) is 10.6. The molecule has 7 nitrogen and oxygen atoms in total. The van der Waals surface area contributed by atoms with Gasteiger partial charge in [0.2, 0.25) is 0 Å². The molecule has 0 unspecified atom stereocenters. The number of Topliss-reactive ketones (excluding diaryl/α,β-unsaturated/α-hetero) is 1. The monoisotopic (exact) mass is 426 g/mol. The van der Waals surface area contributed by atoms with E-state index in [1.165, 1.54) is 5.57 Å². The third-order valence-electron chi connectivity index (χ3n) is 8.94. The maximum absolute atomic E-state index is 12.8. The van der Waals surface area contributed by atoms with Crippen LogP contribution in [-0.4, -0.2) is 38.7 Å². The fraction of sp³-hybridized carbons (Fsp3) is 0.810. The number of rotatable bonds is 4. The van der Waals surface area contributed by atoms with Gasteiger partial charge in [0.1, 0.15) is 12.2 Å². The lowest BCUT2D eigenvalue weighted by molar-refractivity contribution is -0.164. The number of carbonyl (C=O) groups excluding carboxylic acids is 2. The second kappa shape index (κ2) is 6.83. The molecule has 4 aliphatic carbocycles. The van der Waals surface area contributed by atoms with E-state index in [1.54, 1.807) is 0 Å². The number of allylic oxidation sites excluding steroid dienone is 1. The topological polar surface area (TPSA) is 121 Å². The highest BCUT2D eigenvalue weighted by Crippen LogP contribution is 2.67. The first-order valence-corrected chi connectivity index (χ1v) is 12.1. The molecular weight excluding hydrogens is 395 g/mol. The molecular formula is C21H31O7P. The van der Waals surface area contributed by atoms with Crippen molar-refractivity contribution < 1.29 is 33.6 Å². The lowest BCUT2D eigenvalue weighted by atomic mass is 9.46. The SMILES string of the molecule is C[C@@]12CCC(=O)C=C1CC[C@@H]1[C@@H]2CC[C@]2(C)[C@H]1CC[C@]2(O)C(=O)COP(=O)(O)O. The van der Waals surface area contributed by atoms with Crippen LogP contribution in [0, 0.1) is 28.6 Å². The van der Waals surface area contributed by atoms with Crippen molar-refractivity contribution in [3.05, 3.63) is 11.6 Å². The molecule has 162 valence electrons. The van der Waals surface area contributed by atoms with Crippen molar-refractivity contribution in [1.29, 1.82) is 0 Å². The summed E-state index contributed by atoms with van der Waals surface area (Å²) in [7, 11) is -4.77. The van der Waals surface area contributed by atoms with Gasteiger partial charge in [-0.05, 0) is 74.2 Å². The van der Waals surface area contributed by atoms with Gasteiger partial charge < -0.3 is 14.9 Å². The molecule has 0 aliphatic heterocycles. The van der Waals surface area contributed by atoms with Gasteiger partial charge in [-0.3, -0.25) is 14.1 Å². The number of ketones is 2. The van der Waals surface area contributed by atoms with Crippen LogP contribution in [0.4, 0.5) is 0 Å². The molecule has 0 amide bonds. The average Bonchev–Trinajstić information content (AvgIpc) is 2.92. The zero-order valence-electron chi connectivity index (χ0n) is 17.1. The van der Waals surface area contributed by atoms with E-state index in [0.29, 0.717) is 31.1 Å². The molecule has 0 aromatic rings. The Balaban J connectivity index is 1.59. The molecule has 0 bridgehead atoms. The van der Waals surface area contributed by atoms with Crippen molar-refractivity contribution in [2.45, 2.75) is 70.8 Å². The van der Waals surface area contributed by atoms with Crippen molar-refractivity contribution >= 4 is 19.4 Å². The molecule has 8 heteroatoms. The summed E-state index contributed by atoms with van der Waals surface area (Å²) in [6.07, 6.45) is 7.79. The van der Waals surface area contributed by atoms with E-state index in [1.807, 2.05) is 13.0 Å². The molecule has 29 heavy (non-hydrogen) atoms. The molecule has 3 N–H and O–H groups in total. The first-order chi connectivity index (χ1) is 13.4. The van der Waals surface area contributed by atoms with Crippen molar-refractivity contribution in [2.75, 3.05) is 6.61 Å². The number of phosphoric ester groups is 1. The molecule has 0 spiro atoms. The third-order valence-corrected chi connectivity index (χ3v) is 9.40. The van der Waals surface area contributed by atoms with Crippen molar-refractivity contribution in [2.24, 2.45) is 28.6 Å². The predicted octanol–water partition coefficient (Wildman–Crippen LogP) is 2.93. The van der Waals surface area contributed by atoms with E-state index < -0.39 is 31.2 Å². The highest BCUT2D eigenvalue weighted by molar-refractivity contribution is 7.46. The van der Waals surface area contributed by atoms with Crippen LogP contribution >= 0.6 is 7.82 Å². The van der Waals surface area contributed by atoms with Gasteiger partial charge in [-0.2, -0.15) is 0 Å². The second-order valence-electron chi connectivity index (χ2n) is 10.0. The number of carbonyl (C=O) groups is 2. The second-order valence-corrected chi connectivity index (χ2v) is 11.3. The normalized spacial score (nSPS) is 44.5. The molecule has 3 saturated carbocycles. The minimum atomic E-state index is -4.77. The van der Waals surface area contributed by atoms with Crippen LogP contribution in [0.3, 0.4) is 0 Å². The number of hydrogen-bond donors (Lipinski definition) is 3. The van der Waals surface area contributed by atoms with Crippen LogP contribution in [0.1, 0.15) is 65.2 Å². The Bertz CT molecular complexity index is 816. The lowest BCUT2D eigenvalue weighted by Gasteiger charge is -2.58. The minimum absolute atomic E-state index is 0.0202. The van der Waals surface area contributed by atoms with Crippen LogP contribution in [0.2, 0.25) is 0 Å². The quantitative estimate of drug-likeness (QED) is 0.591. The lowest BCUT2D eigenvalue weighted by Crippen LogP contribution is -2.58. The zero-order chi connectivity index (χ0) is 21.2. The van der Waals surface area contributed by atoms with Gasteiger partial charge in [-0.25, -0.2) is 4.57 Å². The van der Waals surface area contributed by atoms with Gasteiger partial charge >= 0.3 is 7.82 Å². The summed E-state index contributed by atoms with van der Waals surface area (Å²) >= 11 is 0. The van der Waals surface area contributed by atoms with E-state index in [0.717, 1.165) is 32.1 Å². The average molecular weight is 426 g/mol. The Kier molecular flexibility index (Phi) is 5.03. The molecule has 0 aromatic carbocycles. The molecule has 3 fully saturated rings. The summed E-state index contributed by atoms with van der Waals surface area (Å²) in [5.41, 5.74) is -0.937. The zero-order valence-corrected chi connectivity index (χ0v) is 18.0. The summed E-state index contributed by atoms with van der Waals surface area (Å²) in [5.74, 6) is 0.602. The molecule has 0 radical (unpaired) electrons. The summed E-state index contributed by atoms with van der Waals surface area (Å²) < 4.78 is 15.4. The Labute approximate surface area is 171 Å². The summed E-state index contributed by atoms with van der Waals surface area (Å²) in [5, 5.41) is 11.4. The Morgan fingerprint density at radius 3 is 2.52 bits per heavy atom. The molecule has 0 heterocycles. The van der Waals surface area contributed by atoms with Crippen LogP contribution in [0.5, 0.6) is 0 Å². The fourth-order valence-electron chi connectivity index (χ4n) is 7.30. The fourth-order valence-corrected chi connectivity index (χ4v) is 7.58. The van der Waals surface area contributed by atoms with Gasteiger partial charge in [0.15, 0.2) is 11.6 Å². The standard InChI is InChI=1S/C21H31O7P/c1-19-8-5-14(22)11-13(19)3-4-15-16(19)6-9-20(2)17(15)7-10-21(20,24)18(23)12-28-29(25,26)27/h11,15-17,24H,3-10,12H2,1-2H3,(H2,25,26,27)/t15-,16+,17+,19-,20-,21+/m1/s1. The maximum Gasteiger partial charge on any atom is 0.470 e. The number of phosphoric acid groups is 1.